The number of aromatic nitrogens is 2. The van der Waals surface area contributed by atoms with Crippen LogP contribution in [0.3, 0.4) is 0 Å². The van der Waals surface area contributed by atoms with Gasteiger partial charge in [-0.25, -0.2) is 4.98 Å². The van der Waals surface area contributed by atoms with Gasteiger partial charge in [-0.05, 0) is 12.5 Å². The van der Waals surface area contributed by atoms with Gasteiger partial charge >= 0.3 is 0 Å². The molecule has 0 radical (unpaired) electrons. The van der Waals surface area contributed by atoms with Crippen molar-refractivity contribution in [2.24, 2.45) is 0 Å². The number of nitrogens with zero attached hydrogens (tertiary/aromatic N) is 2. The summed E-state index contributed by atoms with van der Waals surface area (Å²) < 4.78 is 1.88. The number of thiazole rings is 1. The van der Waals surface area contributed by atoms with E-state index < -0.39 is 6.04 Å². The van der Waals surface area contributed by atoms with Crippen molar-refractivity contribution in [2.75, 3.05) is 0 Å². The first-order chi connectivity index (χ1) is 11.6. The van der Waals surface area contributed by atoms with E-state index in [1.807, 2.05) is 52.5 Å². The topological polar surface area (TPSA) is 75.5 Å². The van der Waals surface area contributed by atoms with Gasteiger partial charge in [-0.15, -0.1) is 11.3 Å². The molecule has 6 nitrogen and oxygen atoms in total. The normalized spacial score (nSPS) is 12.0. The average molecular weight is 342 g/mol. The number of nitrogens with one attached hydrogen (secondary N) is 2. The summed E-state index contributed by atoms with van der Waals surface area (Å²) in [5.41, 5.74) is 1.71. The zero-order chi connectivity index (χ0) is 16.9. The van der Waals surface area contributed by atoms with Gasteiger partial charge in [0.15, 0.2) is 4.96 Å². The fourth-order valence-corrected chi connectivity index (χ4v) is 3.04. The van der Waals surface area contributed by atoms with Gasteiger partial charge in [0, 0.05) is 24.3 Å². The van der Waals surface area contributed by atoms with Gasteiger partial charge in [-0.1, -0.05) is 30.3 Å². The number of carbonyl (C=O) groups excluding carboxylic acids is 2. The van der Waals surface area contributed by atoms with Crippen molar-refractivity contribution in [3.63, 3.8) is 0 Å². The van der Waals surface area contributed by atoms with Crippen LogP contribution in [0.2, 0.25) is 0 Å². The van der Waals surface area contributed by atoms with E-state index in [4.69, 9.17) is 0 Å². The van der Waals surface area contributed by atoms with Crippen LogP contribution in [0.1, 0.15) is 18.2 Å². The Balaban J connectivity index is 1.48. The second-order valence-corrected chi connectivity index (χ2v) is 6.37. The average Bonchev–Trinajstić information content (AvgIpc) is 3.14. The molecule has 24 heavy (non-hydrogen) atoms. The molecule has 1 aromatic carbocycles. The van der Waals surface area contributed by atoms with E-state index >= 15 is 0 Å². The van der Waals surface area contributed by atoms with E-state index in [0.717, 1.165) is 10.5 Å². The minimum Gasteiger partial charge on any atom is -0.350 e. The standard InChI is InChI=1S/C17H18N4O2S/c1-12(16(23)18-10-13-5-3-2-4-6-13)19-15(22)9-14-11-21-7-8-24-17(21)20-14/h2-8,11-12H,9-10H2,1H3,(H,18,23)(H,19,22). The van der Waals surface area contributed by atoms with Crippen molar-refractivity contribution in [3.8, 4) is 0 Å². The summed E-state index contributed by atoms with van der Waals surface area (Å²) in [6.45, 7) is 2.11. The molecule has 0 saturated carbocycles. The molecule has 0 spiro atoms. The monoisotopic (exact) mass is 342 g/mol. The molecular weight excluding hydrogens is 324 g/mol. The highest BCUT2D eigenvalue weighted by atomic mass is 32.1. The summed E-state index contributed by atoms with van der Waals surface area (Å²) >= 11 is 1.51. The minimum absolute atomic E-state index is 0.157. The highest BCUT2D eigenvalue weighted by molar-refractivity contribution is 7.15. The Morgan fingerprint density at radius 3 is 2.83 bits per heavy atom. The van der Waals surface area contributed by atoms with Crippen molar-refractivity contribution in [1.29, 1.82) is 0 Å². The molecule has 3 aromatic rings. The molecular formula is C17H18N4O2S. The Morgan fingerprint density at radius 2 is 2.08 bits per heavy atom. The van der Waals surface area contributed by atoms with Crippen LogP contribution in [0.25, 0.3) is 4.96 Å². The molecule has 0 bridgehead atoms. The molecule has 0 aliphatic heterocycles. The predicted octanol–water partition coefficient (Wildman–Crippen LogP) is 1.76. The third-order valence-electron chi connectivity index (χ3n) is 3.57. The van der Waals surface area contributed by atoms with E-state index in [1.54, 1.807) is 6.92 Å². The van der Waals surface area contributed by atoms with Gasteiger partial charge in [0.1, 0.15) is 6.04 Å². The molecule has 1 atom stereocenters. The van der Waals surface area contributed by atoms with Gasteiger partial charge in [0.05, 0.1) is 12.1 Å². The summed E-state index contributed by atoms with van der Waals surface area (Å²) in [7, 11) is 0. The first-order valence-electron chi connectivity index (χ1n) is 7.64. The van der Waals surface area contributed by atoms with Gasteiger partial charge in [-0.3, -0.25) is 14.0 Å². The maximum absolute atomic E-state index is 12.1. The Hall–Kier alpha value is -2.67. The molecule has 0 aliphatic carbocycles. The molecule has 1 unspecified atom stereocenters. The second-order valence-electron chi connectivity index (χ2n) is 5.49. The number of imidazole rings is 1. The number of hydrogen-bond donors (Lipinski definition) is 2. The third-order valence-corrected chi connectivity index (χ3v) is 4.34. The van der Waals surface area contributed by atoms with Crippen LogP contribution in [0.4, 0.5) is 0 Å². The van der Waals surface area contributed by atoms with Crippen LogP contribution in [-0.4, -0.2) is 27.2 Å². The van der Waals surface area contributed by atoms with Crippen LogP contribution in [0.15, 0.2) is 48.1 Å². The molecule has 2 aromatic heterocycles. The third kappa shape index (κ3) is 3.99. The number of fused-ring (bicyclic) bond motifs is 1. The molecule has 124 valence electrons. The van der Waals surface area contributed by atoms with E-state index in [1.165, 1.54) is 11.3 Å². The van der Waals surface area contributed by atoms with E-state index in [2.05, 4.69) is 15.6 Å². The van der Waals surface area contributed by atoms with Crippen molar-refractivity contribution >= 4 is 28.1 Å². The van der Waals surface area contributed by atoms with Crippen molar-refractivity contribution in [1.82, 2.24) is 20.0 Å². The van der Waals surface area contributed by atoms with Crippen molar-refractivity contribution in [3.05, 3.63) is 59.4 Å². The molecule has 2 heterocycles. The zero-order valence-electron chi connectivity index (χ0n) is 13.2. The Labute approximate surface area is 143 Å². The Bertz CT molecular complexity index is 812. The second kappa shape index (κ2) is 7.27. The maximum Gasteiger partial charge on any atom is 0.242 e. The largest absolute Gasteiger partial charge is 0.350 e. The zero-order valence-corrected chi connectivity index (χ0v) is 14.0. The SMILES string of the molecule is CC(NC(=O)Cc1cn2ccsc2n1)C(=O)NCc1ccccc1. The first-order valence-corrected chi connectivity index (χ1v) is 8.52. The van der Waals surface area contributed by atoms with Gasteiger partial charge in [0.25, 0.3) is 0 Å². The van der Waals surface area contributed by atoms with E-state index in [0.29, 0.717) is 12.2 Å². The fourth-order valence-electron chi connectivity index (χ4n) is 2.32. The summed E-state index contributed by atoms with van der Waals surface area (Å²) in [5.74, 6) is -0.429. The summed E-state index contributed by atoms with van der Waals surface area (Å²) in [6.07, 6.45) is 3.88. The summed E-state index contributed by atoms with van der Waals surface area (Å²) in [4.78, 5) is 29.3. The van der Waals surface area contributed by atoms with Gasteiger partial charge in [-0.2, -0.15) is 0 Å². The number of rotatable bonds is 6. The number of hydrogen-bond acceptors (Lipinski definition) is 4. The first kappa shape index (κ1) is 16.2. The Morgan fingerprint density at radius 1 is 1.29 bits per heavy atom. The predicted molar refractivity (Wildman–Crippen MR) is 92.7 cm³/mol. The van der Waals surface area contributed by atoms with Crippen LogP contribution in [0.5, 0.6) is 0 Å². The number of amides is 2. The molecule has 0 fully saturated rings. The molecule has 7 heteroatoms. The number of carbonyl (C=O) groups is 2. The lowest BCUT2D eigenvalue weighted by atomic mass is 10.2. The van der Waals surface area contributed by atoms with Crippen LogP contribution < -0.4 is 10.6 Å². The van der Waals surface area contributed by atoms with Gasteiger partial charge in [0.2, 0.25) is 11.8 Å². The van der Waals surface area contributed by atoms with Crippen LogP contribution >= 0.6 is 11.3 Å². The van der Waals surface area contributed by atoms with Crippen molar-refractivity contribution < 1.29 is 9.59 Å². The summed E-state index contributed by atoms with van der Waals surface area (Å²) in [5, 5.41) is 7.45. The maximum atomic E-state index is 12.1. The lowest BCUT2D eigenvalue weighted by molar-refractivity contribution is -0.128. The van der Waals surface area contributed by atoms with Crippen LogP contribution in [-0.2, 0) is 22.6 Å². The molecule has 2 amide bonds. The Kier molecular flexibility index (Phi) is 4.90. The van der Waals surface area contributed by atoms with Gasteiger partial charge < -0.3 is 10.6 Å². The highest BCUT2D eigenvalue weighted by Crippen LogP contribution is 2.11. The smallest absolute Gasteiger partial charge is 0.242 e. The highest BCUT2D eigenvalue weighted by Gasteiger charge is 2.16. The van der Waals surface area contributed by atoms with Crippen LogP contribution in [0, 0.1) is 0 Å². The lowest BCUT2D eigenvalue weighted by Crippen LogP contribution is -2.45. The quantitative estimate of drug-likeness (QED) is 0.717. The van der Waals surface area contributed by atoms with E-state index in [9.17, 15) is 9.59 Å². The molecule has 2 N–H and O–H groups in total. The summed E-state index contributed by atoms with van der Waals surface area (Å²) in [6, 6.07) is 9.05. The molecule has 0 aliphatic rings. The molecule has 3 rings (SSSR count). The van der Waals surface area contributed by atoms with Crippen molar-refractivity contribution in [2.45, 2.75) is 25.9 Å². The molecule has 0 saturated heterocycles. The fraction of sp³-hybridized carbons (Fsp3) is 0.235. The van der Waals surface area contributed by atoms with E-state index in [-0.39, 0.29) is 18.2 Å². The minimum atomic E-state index is -0.593. The lowest BCUT2D eigenvalue weighted by Gasteiger charge is -2.13. The number of benzene rings is 1.